The van der Waals surface area contributed by atoms with Crippen LogP contribution < -0.4 is 10.2 Å². The average Bonchev–Trinajstić information content (AvgIpc) is 3.07. The zero-order chi connectivity index (χ0) is 21.6. The van der Waals surface area contributed by atoms with E-state index in [-0.39, 0.29) is 24.4 Å². The van der Waals surface area contributed by atoms with Crippen molar-refractivity contribution in [3.8, 4) is 0 Å². The zero-order valence-electron chi connectivity index (χ0n) is 16.4. The standard InChI is InChI=1S/C19H20F3N5O3/c1-10-8-27-16(15(7-23-27)25-4-3-11(2)30-19(25)29)9-26(10)18(28)24-12-5-13(20)17(22)14(21)6-12/h5-7,10-11H,3-4,8-9H2,1-2H3,(H,24,28)/t10-,11?/m0/s1. The van der Waals surface area contributed by atoms with Crippen molar-refractivity contribution in [1.29, 1.82) is 0 Å². The number of rotatable bonds is 2. The molecule has 0 aliphatic carbocycles. The first-order valence-electron chi connectivity index (χ1n) is 9.49. The van der Waals surface area contributed by atoms with E-state index in [1.54, 1.807) is 17.8 Å². The summed E-state index contributed by atoms with van der Waals surface area (Å²) in [5, 5.41) is 6.71. The molecule has 30 heavy (non-hydrogen) atoms. The number of amides is 3. The number of urea groups is 1. The molecule has 1 saturated heterocycles. The van der Waals surface area contributed by atoms with E-state index >= 15 is 0 Å². The lowest BCUT2D eigenvalue weighted by atomic mass is 10.1. The van der Waals surface area contributed by atoms with Crippen LogP contribution in [0.25, 0.3) is 0 Å². The van der Waals surface area contributed by atoms with Gasteiger partial charge in [0.05, 0.1) is 36.7 Å². The topological polar surface area (TPSA) is 79.7 Å². The second-order valence-electron chi connectivity index (χ2n) is 7.45. The largest absolute Gasteiger partial charge is 0.446 e. The molecule has 1 fully saturated rings. The van der Waals surface area contributed by atoms with Gasteiger partial charge in [-0.3, -0.25) is 9.58 Å². The minimum atomic E-state index is -1.60. The number of hydrogen-bond donors (Lipinski definition) is 1. The molecule has 0 saturated carbocycles. The molecule has 1 N–H and O–H groups in total. The van der Waals surface area contributed by atoms with E-state index < -0.39 is 29.6 Å². The third-order valence-corrected chi connectivity index (χ3v) is 5.28. The molecule has 0 spiro atoms. The molecule has 2 atom stereocenters. The molecule has 0 bridgehead atoms. The van der Waals surface area contributed by atoms with Gasteiger partial charge in [0.25, 0.3) is 0 Å². The van der Waals surface area contributed by atoms with E-state index in [4.69, 9.17) is 4.74 Å². The number of aromatic nitrogens is 2. The number of anilines is 2. The highest BCUT2D eigenvalue weighted by Gasteiger charge is 2.34. The van der Waals surface area contributed by atoms with Crippen LogP contribution in [0.1, 0.15) is 26.0 Å². The SMILES string of the molecule is CC1CCN(c2cnn3c2CN(C(=O)Nc2cc(F)c(F)c(F)c2)[C@@H](C)C3)C(=O)O1. The fourth-order valence-electron chi connectivity index (χ4n) is 3.62. The third kappa shape index (κ3) is 3.55. The normalized spacial score (nSPS) is 21.3. The summed E-state index contributed by atoms with van der Waals surface area (Å²) in [5.74, 6) is -4.39. The van der Waals surface area contributed by atoms with Crippen LogP contribution in [-0.2, 0) is 17.8 Å². The van der Waals surface area contributed by atoms with Crippen molar-refractivity contribution in [1.82, 2.24) is 14.7 Å². The van der Waals surface area contributed by atoms with Gasteiger partial charge in [0.15, 0.2) is 17.5 Å². The van der Waals surface area contributed by atoms with Crippen LogP contribution in [0.2, 0.25) is 0 Å². The number of halogens is 3. The number of nitrogens with zero attached hydrogens (tertiary/aromatic N) is 4. The van der Waals surface area contributed by atoms with E-state index in [0.717, 1.165) is 0 Å². The molecule has 3 amide bonds. The van der Waals surface area contributed by atoms with Crippen molar-refractivity contribution in [3.63, 3.8) is 0 Å². The van der Waals surface area contributed by atoms with Crippen LogP contribution in [0, 0.1) is 17.5 Å². The van der Waals surface area contributed by atoms with Crippen LogP contribution in [0.15, 0.2) is 18.3 Å². The molecule has 11 heteroatoms. The fourth-order valence-corrected chi connectivity index (χ4v) is 3.62. The molecule has 8 nitrogen and oxygen atoms in total. The lowest BCUT2D eigenvalue weighted by Crippen LogP contribution is -2.48. The average molecular weight is 423 g/mol. The van der Waals surface area contributed by atoms with E-state index in [9.17, 15) is 22.8 Å². The molecule has 2 aromatic rings. The highest BCUT2D eigenvalue weighted by molar-refractivity contribution is 5.91. The molecule has 2 aliphatic heterocycles. The number of hydrogen-bond acceptors (Lipinski definition) is 4. The Labute approximate surface area is 170 Å². The zero-order valence-corrected chi connectivity index (χ0v) is 16.4. The first-order chi connectivity index (χ1) is 14.2. The van der Waals surface area contributed by atoms with Gasteiger partial charge in [-0.05, 0) is 13.8 Å². The maximum atomic E-state index is 13.4. The quantitative estimate of drug-likeness (QED) is 0.751. The number of nitrogens with one attached hydrogen (secondary N) is 1. The molecule has 1 aromatic heterocycles. The Bertz CT molecular complexity index is 988. The summed E-state index contributed by atoms with van der Waals surface area (Å²) in [6.45, 7) is 4.57. The molecule has 1 aromatic carbocycles. The van der Waals surface area contributed by atoms with Gasteiger partial charge in [0.2, 0.25) is 0 Å². The molecule has 160 valence electrons. The highest BCUT2D eigenvalue weighted by Crippen LogP contribution is 2.30. The third-order valence-electron chi connectivity index (χ3n) is 5.28. The van der Waals surface area contributed by atoms with Gasteiger partial charge in [-0.15, -0.1) is 0 Å². The van der Waals surface area contributed by atoms with Crippen molar-refractivity contribution in [3.05, 3.63) is 41.5 Å². The monoisotopic (exact) mass is 423 g/mol. The van der Waals surface area contributed by atoms with Gasteiger partial charge in [-0.25, -0.2) is 22.8 Å². The van der Waals surface area contributed by atoms with Gasteiger partial charge in [0, 0.05) is 30.8 Å². The number of fused-ring (bicyclic) bond motifs is 1. The minimum Gasteiger partial charge on any atom is -0.446 e. The van der Waals surface area contributed by atoms with Crippen LogP contribution >= 0.6 is 0 Å². The maximum Gasteiger partial charge on any atom is 0.414 e. The minimum absolute atomic E-state index is 0.119. The van der Waals surface area contributed by atoms with E-state index in [2.05, 4.69) is 10.4 Å². The van der Waals surface area contributed by atoms with E-state index in [1.165, 1.54) is 9.80 Å². The molecule has 1 unspecified atom stereocenters. The maximum absolute atomic E-state index is 13.4. The number of carbonyl (C=O) groups is 2. The van der Waals surface area contributed by atoms with Gasteiger partial charge < -0.3 is 15.0 Å². The van der Waals surface area contributed by atoms with Gasteiger partial charge in [-0.2, -0.15) is 5.10 Å². The molecule has 2 aliphatic rings. The van der Waals surface area contributed by atoms with Crippen molar-refractivity contribution in [2.75, 3.05) is 16.8 Å². The Hall–Kier alpha value is -3.24. The molecular formula is C19H20F3N5O3. The van der Waals surface area contributed by atoms with Gasteiger partial charge in [0.1, 0.15) is 6.10 Å². The Morgan fingerprint density at radius 3 is 2.60 bits per heavy atom. The van der Waals surface area contributed by atoms with Crippen LogP contribution in [0.4, 0.5) is 34.1 Å². The number of cyclic esters (lactones) is 1. The lowest BCUT2D eigenvalue weighted by molar-refractivity contribution is 0.0942. The van der Waals surface area contributed by atoms with Crippen molar-refractivity contribution < 1.29 is 27.5 Å². The highest BCUT2D eigenvalue weighted by atomic mass is 19.2. The Kier molecular flexibility index (Phi) is 5.04. The second kappa shape index (κ2) is 7.54. The summed E-state index contributed by atoms with van der Waals surface area (Å²) in [6.07, 6.45) is 1.58. The molecule has 0 radical (unpaired) electrons. The van der Waals surface area contributed by atoms with E-state index in [1.807, 2.05) is 6.92 Å². The Balaban J connectivity index is 1.55. The van der Waals surface area contributed by atoms with Gasteiger partial charge >= 0.3 is 12.1 Å². The lowest BCUT2D eigenvalue weighted by Gasteiger charge is -2.36. The summed E-state index contributed by atoms with van der Waals surface area (Å²) in [6, 6.07) is 0.534. The van der Waals surface area contributed by atoms with Crippen molar-refractivity contribution in [2.24, 2.45) is 0 Å². The summed E-state index contributed by atoms with van der Waals surface area (Å²) in [7, 11) is 0. The predicted octanol–water partition coefficient (Wildman–Crippen LogP) is 3.47. The molecule has 4 rings (SSSR count). The fraction of sp³-hybridized carbons (Fsp3) is 0.421. The summed E-state index contributed by atoms with van der Waals surface area (Å²) < 4.78 is 47.0. The summed E-state index contributed by atoms with van der Waals surface area (Å²) >= 11 is 0. The Morgan fingerprint density at radius 2 is 1.93 bits per heavy atom. The van der Waals surface area contributed by atoms with Gasteiger partial charge in [-0.1, -0.05) is 0 Å². The Morgan fingerprint density at radius 1 is 1.23 bits per heavy atom. The van der Waals surface area contributed by atoms with Crippen molar-refractivity contribution in [2.45, 2.75) is 45.5 Å². The van der Waals surface area contributed by atoms with Crippen LogP contribution in [0.5, 0.6) is 0 Å². The molecule has 3 heterocycles. The van der Waals surface area contributed by atoms with Crippen LogP contribution in [0.3, 0.4) is 0 Å². The summed E-state index contributed by atoms with van der Waals surface area (Å²) in [5.41, 5.74) is 0.998. The number of ether oxygens (including phenoxy) is 1. The first kappa shape index (κ1) is 20.0. The summed E-state index contributed by atoms with van der Waals surface area (Å²) in [4.78, 5) is 28.0. The van der Waals surface area contributed by atoms with Crippen molar-refractivity contribution >= 4 is 23.5 Å². The smallest absolute Gasteiger partial charge is 0.414 e. The first-order valence-corrected chi connectivity index (χ1v) is 9.49. The van der Waals surface area contributed by atoms with Crippen LogP contribution in [-0.4, -0.2) is 45.5 Å². The van der Waals surface area contributed by atoms with E-state index in [0.29, 0.717) is 43.0 Å². The second-order valence-corrected chi connectivity index (χ2v) is 7.45. The number of benzene rings is 1. The number of carbonyl (C=O) groups excluding carboxylic acids is 2. The molecular weight excluding hydrogens is 403 g/mol. The predicted molar refractivity (Wildman–Crippen MR) is 100 cm³/mol.